The van der Waals surface area contributed by atoms with Crippen LogP contribution in [-0.4, -0.2) is 28.3 Å². The van der Waals surface area contributed by atoms with E-state index in [1.165, 1.54) is 30.0 Å². The lowest BCUT2D eigenvalue weighted by Gasteiger charge is -2.12. The highest BCUT2D eigenvalue weighted by Crippen LogP contribution is 2.31. The van der Waals surface area contributed by atoms with E-state index in [0.717, 1.165) is 5.75 Å². The second kappa shape index (κ2) is 4.40. The summed E-state index contributed by atoms with van der Waals surface area (Å²) in [6, 6.07) is 4.44. The zero-order chi connectivity index (χ0) is 12.7. The Morgan fingerprint density at radius 1 is 1.50 bits per heavy atom. The number of carbonyl (C=O) groups is 1. The van der Waals surface area contributed by atoms with Gasteiger partial charge in [0, 0.05) is 17.9 Å². The third kappa shape index (κ3) is 1.83. The van der Waals surface area contributed by atoms with Crippen LogP contribution in [0.25, 0.3) is 6.08 Å². The van der Waals surface area contributed by atoms with E-state index in [4.69, 9.17) is 11.6 Å². The summed E-state index contributed by atoms with van der Waals surface area (Å²) < 4.78 is 13.7. The van der Waals surface area contributed by atoms with E-state index in [9.17, 15) is 9.18 Å². The van der Waals surface area contributed by atoms with Crippen LogP contribution in [0.1, 0.15) is 5.56 Å². The molecule has 2 aliphatic heterocycles. The fourth-order valence-electron chi connectivity index (χ4n) is 1.90. The lowest BCUT2D eigenvalue weighted by Crippen LogP contribution is -2.20. The number of amidine groups is 1. The van der Waals surface area contributed by atoms with E-state index in [0.29, 0.717) is 17.4 Å². The number of nitrogens with zero attached hydrogens (tertiary/aromatic N) is 2. The van der Waals surface area contributed by atoms with Gasteiger partial charge in [-0.1, -0.05) is 29.4 Å². The van der Waals surface area contributed by atoms with E-state index < -0.39 is 5.82 Å². The van der Waals surface area contributed by atoms with Crippen LogP contribution in [0.3, 0.4) is 0 Å². The molecule has 6 heteroatoms. The second-order valence-corrected chi connectivity index (χ2v) is 5.33. The molecule has 0 aromatic heterocycles. The molecule has 2 aliphatic rings. The van der Waals surface area contributed by atoms with Gasteiger partial charge in [0.2, 0.25) is 0 Å². The first-order chi connectivity index (χ1) is 8.66. The number of halogens is 2. The number of thioether (sulfide) groups is 1. The fourth-order valence-corrected chi connectivity index (χ4v) is 3.07. The predicted octanol–water partition coefficient (Wildman–Crippen LogP) is 2.77. The Hall–Kier alpha value is -1.33. The average molecular weight is 283 g/mol. The maximum absolute atomic E-state index is 13.7. The second-order valence-electron chi connectivity index (χ2n) is 3.86. The van der Waals surface area contributed by atoms with Gasteiger partial charge in [0.25, 0.3) is 5.91 Å². The Bertz CT molecular complexity index is 579. The van der Waals surface area contributed by atoms with Gasteiger partial charge in [0.15, 0.2) is 5.17 Å². The topological polar surface area (TPSA) is 32.7 Å². The number of rotatable bonds is 1. The van der Waals surface area contributed by atoms with Gasteiger partial charge in [0.05, 0.1) is 5.02 Å². The molecule has 1 saturated heterocycles. The van der Waals surface area contributed by atoms with E-state index in [-0.39, 0.29) is 16.5 Å². The van der Waals surface area contributed by atoms with Gasteiger partial charge in [-0.25, -0.2) is 4.39 Å². The molecule has 3 rings (SSSR count). The van der Waals surface area contributed by atoms with Crippen LogP contribution in [0.5, 0.6) is 0 Å². The van der Waals surface area contributed by atoms with Crippen LogP contribution < -0.4 is 0 Å². The molecular weight excluding hydrogens is 275 g/mol. The van der Waals surface area contributed by atoms with Crippen molar-refractivity contribution < 1.29 is 9.18 Å². The van der Waals surface area contributed by atoms with Crippen LogP contribution in [0.15, 0.2) is 28.9 Å². The molecular formula is C12H8ClFN2OS. The minimum atomic E-state index is -0.442. The van der Waals surface area contributed by atoms with Crippen molar-refractivity contribution >= 4 is 40.5 Å². The van der Waals surface area contributed by atoms with Crippen molar-refractivity contribution in [2.24, 2.45) is 4.99 Å². The molecule has 3 nitrogen and oxygen atoms in total. The molecule has 1 fully saturated rings. The summed E-state index contributed by atoms with van der Waals surface area (Å²) in [6.07, 6.45) is 1.47. The predicted molar refractivity (Wildman–Crippen MR) is 71.0 cm³/mol. The zero-order valence-electron chi connectivity index (χ0n) is 9.19. The number of fused-ring (bicyclic) bond motifs is 1. The van der Waals surface area contributed by atoms with E-state index >= 15 is 0 Å². The van der Waals surface area contributed by atoms with Crippen LogP contribution in [0.2, 0.25) is 5.02 Å². The Morgan fingerprint density at radius 3 is 3.11 bits per heavy atom. The van der Waals surface area contributed by atoms with E-state index in [2.05, 4.69) is 4.99 Å². The average Bonchev–Trinajstić information content (AvgIpc) is 2.86. The molecule has 0 bridgehead atoms. The van der Waals surface area contributed by atoms with Gasteiger partial charge < -0.3 is 4.90 Å². The van der Waals surface area contributed by atoms with E-state index in [1.54, 1.807) is 11.0 Å². The Labute approximate surface area is 112 Å². The first-order valence-corrected chi connectivity index (χ1v) is 6.72. The quantitative estimate of drug-likeness (QED) is 0.743. The van der Waals surface area contributed by atoms with Gasteiger partial charge in [-0.3, -0.25) is 4.79 Å². The Morgan fingerprint density at radius 2 is 2.33 bits per heavy atom. The van der Waals surface area contributed by atoms with Crippen molar-refractivity contribution in [3.05, 3.63) is 40.3 Å². The summed E-state index contributed by atoms with van der Waals surface area (Å²) in [6.45, 7) is 0.715. The van der Waals surface area contributed by atoms with Crippen molar-refractivity contribution in [3.8, 4) is 0 Å². The highest BCUT2D eigenvalue weighted by atomic mass is 35.5. The summed E-state index contributed by atoms with van der Waals surface area (Å²) in [4.78, 5) is 17.5. The summed E-state index contributed by atoms with van der Waals surface area (Å²) in [7, 11) is 0. The third-order valence-electron chi connectivity index (χ3n) is 2.76. The number of benzene rings is 1. The number of hydrogen-bond acceptors (Lipinski definition) is 3. The van der Waals surface area contributed by atoms with Gasteiger partial charge in [-0.15, -0.1) is 0 Å². The maximum Gasteiger partial charge on any atom is 0.296 e. The zero-order valence-corrected chi connectivity index (χ0v) is 10.8. The molecule has 0 spiro atoms. The van der Waals surface area contributed by atoms with Crippen LogP contribution >= 0.6 is 23.4 Å². The van der Waals surface area contributed by atoms with Gasteiger partial charge in [-0.05, 0) is 18.2 Å². The molecule has 0 unspecified atom stereocenters. The molecule has 0 saturated carbocycles. The highest BCUT2D eigenvalue weighted by Gasteiger charge is 2.33. The minimum absolute atomic E-state index is 0.232. The van der Waals surface area contributed by atoms with Gasteiger partial charge in [-0.2, -0.15) is 4.99 Å². The number of carbonyl (C=O) groups excluding carboxylic acids is 1. The molecule has 0 N–H and O–H groups in total. The van der Waals surface area contributed by atoms with Crippen molar-refractivity contribution in [1.29, 1.82) is 0 Å². The molecule has 92 valence electrons. The molecule has 1 aromatic rings. The molecule has 2 heterocycles. The lowest BCUT2D eigenvalue weighted by molar-refractivity contribution is -0.114. The summed E-state index contributed by atoms with van der Waals surface area (Å²) in [5.41, 5.74) is 0.623. The molecule has 0 atom stereocenters. The van der Waals surface area contributed by atoms with Crippen LogP contribution in [0, 0.1) is 5.82 Å². The highest BCUT2D eigenvalue weighted by molar-refractivity contribution is 8.14. The normalized spacial score (nSPS) is 20.6. The first kappa shape index (κ1) is 11.7. The van der Waals surface area contributed by atoms with Gasteiger partial charge >= 0.3 is 0 Å². The summed E-state index contributed by atoms with van der Waals surface area (Å²) in [5, 5.41) is 0.981. The maximum atomic E-state index is 13.7. The number of aliphatic imine (C=N–C) groups is 1. The van der Waals surface area contributed by atoms with E-state index in [1.807, 2.05) is 0 Å². The van der Waals surface area contributed by atoms with Crippen molar-refractivity contribution in [3.63, 3.8) is 0 Å². The lowest BCUT2D eigenvalue weighted by atomic mass is 10.1. The summed E-state index contributed by atoms with van der Waals surface area (Å²) >= 11 is 7.47. The molecule has 0 aliphatic carbocycles. The molecule has 1 aromatic carbocycles. The number of amides is 1. The van der Waals surface area contributed by atoms with Crippen molar-refractivity contribution in [2.45, 2.75) is 0 Å². The fraction of sp³-hybridized carbons (Fsp3) is 0.167. The number of hydrogen-bond donors (Lipinski definition) is 0. The Balaban J connectivity index is 2.05. The SMILES string of the molecule is O=C1N=C2SCCN2/C1=C\c1c(F)cccc1Cl. The molecule has 1 amide bonds. The molecule has 18 heavy (non-hydrogen) atoms. The minimum Gasteiger partial charge on any atom is -0.315 e. The summed E-state index contributed by atoms with van der Waals surface area (Å²) in [5.74, 6) is 0.105. The first-order valence-electron chi connectivity index (χ1n) is 5.36. The standard InChI is InChI=1S/C12H8ClFN2OS/c13-8-2-1-3-9(14)7(8)6-10-11(17)15-12-16(10)4-5-18-12/h1-3,6H,4-5H2/b10-6-. The molecule has 0 radical (unpaired) electrons. The van der Waals surface area contributed by atoms with Crippen molar-refractivity contribution in [1.82, 2.24) is 4.90 Å². The van der Waals surface area contributed by atoms with Gasteiger partial charge in [0.1, 0.15) is 11.5 Å². The van der Waals surface area contributed by atoms with Crippen molar-refractivity contribution in [2.75, 3.05) is 12.3 Å². The third-order valence-corrected chi connectivity index (χ3v) is 4.05. The Kier molecular flexibility index (Phi) is 2.87. The smallest absolute Gasteiger partial charge is 0.296 e. The monoisotopic (exact) mass is 282 g/mol. The van der Waals surface area contributed by atoms with Crippen LogP contribution in [0.4, 0.5) is 4.39 Å². The largest absolute Gasteiger partial charge is 0.315 e. The van der Waals surface area contributed by atoms with Crippen LogP contribution in [-0.2, 0) is 4.79 Å².